The second-order valence-electron chi connectivity index (χ2n) is 23.0. The van der Waals surface area contributed by atoms with Crippen LogP contribution in [0, 0.1) is 0 Å². The molecule has 0 amide bonds. The minimum Gasteiger partial charge on any atom is -1.00 e. The summed E-state index contributed by atoms with van der Waals surface area (Å²) in [6.07, 6.45) is 2.56. The molecule has 0 unspecified atom stereocenters. The van der Waals surface area contributed by atoms with E-state index in [1.165, 1.54) is 92.4 Å². The van der Waals surface area contributed by atoms with Crippen molar-refractivity contribution >= 4 is 188 Å². The van der Waals surface area contributed by atoms with E-state index in [4.69, 9.17) is 28.7 Å². The third-order valence-electron chi connectivity index (χ3n) is 16.0. The molecule has 0 aliphatic carbocycles. The van der Waals surface area contributed by atoms with Crippen molar-refractivity contribution < 1.29 is 49.0 Å². The Morgan fingerprint density at radius 1 is 0.159 bits per heavy atom. The second-order valence-corrected chi connectivity index (χ2v) is 34.1. The Bertz CT molecular complexity index is 3540. The molecule has 1 fully saturated rings. The van der Waals surface area contributed by atoms with Gasteiger partial charge in [0, 0.05) is 13.2 Å². The van der Waals surface area contributed by atoms with Crippen molar-refractivity contribution in [2.75, 3.05) is 13.2 Å². The third-order valence-corrected chi connectivity index (χ3v) is 28.3. The molecule has 16 rings (SSSR count). The molecular formula is C99H100Al2LiO6P5. The molecule has 1 aliphatic rings. The van der Waals surface area contributed by atoms with Gasteiger partial charge < -0.3 is 30.1 Å². The van der Waals surface area contributed by atoms with Crippen molar-refractivity contribution in [3.05, 3.63) is 455 Å². The molecule has 564 valence electrons. The number of carbonyl (C=O) groups is 5. The smallest absolute Gasteiger partial charge is 1.00 e. The van der Waals surface area contributed by atoms with Gasteiger partial charge in [-0.25, -0.2) is 0 Å². The van der Waals surface area contributed by atoms with Crippen molar-refractivity contribution in [3.63, 3.8) is 0 Å². The summed E-state index contributed by atoms with van der Waals surface area (Å²) >= 11 is 0. The molecule has 14 heteroatoms. The standard InChI is InChI=1S/5C18H15P.C4H8O.5CH2O.2Al.Li.7H/c5*1-4-10-16(11-5-1)19(17-12-6-2-7-13-17)18-14-8-3-9-15-18;1-2-4-5-3-1;5*1-2;;;;;;;;;;/h5*1-15H;1-4H2;5*1H2;;;;;;;;;;/q;;;;;;;;;;;;;+1;;;;;;;-1. The van der Waals surface area contributed by atoms with Crippen LogP contribution < -0.4 is 98.4 Å². The van der Waals surface area contributed by atoms with E-state index in [1.54, 1.807) is 0 Å². The van der Waals surface area contributed by atoms with Gasteiger partial charge in [0.1, 0.15) is 33.9 Å². The maximum absolute atomic E-state index is 8.00. The topological polar surface area (TPSA) is 94.6 Å². The Kier molecular flexibility index (Phi) is 53.5. The predicted molar refractivity (Wildman–Crippen MR) is 502 cm³/mol. The maximum atomic E-state index is 8.00. The summed E-state index contributed by atoms with van der Waals surface area (Å²) < 4.78 is 4.94. The summed E-state index contributed by atoms with van der Waals surface area (Å²) in [5.74, 6) is 0. The van der Waals surface area contributed by atoms with Gasteiger partial charge >= 0.3 is 18.9 Å². The van der Waals surface area contributed by atoms with Crippen LogP contribution in [0.2, 0.25) is 0 Å². The maximum Gasteiger partial charge on any atom is 1.00 e. The average Bonchev–Trinajstić information content (AvgIpc) is 0.959. The van der Waals surface area contributed by atoms with Gasteiger partial charge in [0.25, 0.3) is 0 Å². The van der Waals surface area contributed by atoms with Crippen LogP contribution in [-0.4, -0.2) is 81.9 Å². The Hall–Kier alpha value is -9.58. The van der Waals surface area contributed by atoms with E-state index in [9.17, 15) is 0 Å². The molecule has 15 aromatic carbocycles. The van der Waals surface area contributed by atoms with Crippen LogP contribution in [0.3, 0.4) is 0 Å². The summed E-state index contributed by atoms with van der Waals surface area (Å²) in [6.45, 7) is 12.0. The number of ether oxygens (including phenoxy) is 1. The first kappa shape index (κ1) is 97.6. The third kappa shape index (κ3) is 33.6. The van der Waals surface area contributed by atoms with Gasteiger partial charge in [0.15, 0.2) is 34.7 Å². The van der Waals surface area contributed by atoms with Gasteiger partial charge in [-0.2, -0.15) is 0 Å². The molecule has 0 atom stereocenters. The minimum atomic E-state index is -0.446. The van der Waals surface area contributed by atoms with Crippen LogP contribution >= 0.6 is 39.6 Å². The van der Waals surface area contributed by atoms with Gasteiger partial charge in [0.2, 0.25) is 0 Å². The summed E-state index contributed by atoms with van der Waals surface area (Å²) in [5.41, 5.74) is 0. The monoisotopic (exact) mass is 1600 g/mol. The van der Waals surface area contributed by atoms with Crippen LogP contribution in [0.5, 0.6) is 0 Å². The minimum absolute atomic E-state index is 0. The summed E-state index contributed by atoms with van der Waals surface area (Å²) in [5, 5.41) is 21.0. The number of hydrogen-bond donors (Lipinski definition) is 0. The number of carbonyl (C=O) groups excluding carboxylic acids is 5. The molecule has 0 bridgehead atoms. The van der Waals surface area contributed by atoms with Crippen molar-refractivity contribution in [1.82, 2.24) is 0 Å². The van der Waals surface area contributed by atoms with E-state index >= 15 is 0 Å². The fourth-order valence-corrected chi connectivity index (χ4v) is 22.9. The zero-order valence-corrected chi connectivity index (χ0v) is 67.3. The molecular weight excluding hydrogens is 1500 g/mol. The zero-order chi connectivity index (χ0) is 78.1. The largest absolute Gasteiger partial charge is 1.00 e. The molecule has 113 heavy (non-hydrogen) atoms. The number of rotatable bonds is 15. The van der Waals surface area contributed by atoms with Crippen molar-refractivity contribution in [1.29, 1.82) is 0 Å². The molecule has 15 aromatic rings. The molecule has 1 saturated heterocycles. The molecule has 1 aliphatic heterocycles. The van der Waals surface area contributed by atoms with Gasteiger partial charge in [-0.05, 0) is 132 Å². The van der Waals surface area contributed by atoms with Gasteiger partial charge in [-0.3, -0.25) is 0 Å². The first-order valence-corrected chi connectivity index (χ1v) is 42.2. The fraction of sp³-hybridized carbons (Fsp3) is 0.0404. The van der Waals surface area contributed by atoms with E-state index in [-0.39, 0.29) is 55.0 Å². The van der Waals surface area contributed by atoms with Crippen LogP contribution in [-0.2, 0) is 28.7 Å². The fourth-order valence-electron chi connectivity index (χ4n) is 11.4. The number of hydrogen-bond acceptors (Lipinski definition) is 6. The van der Waals surface area contributed by atoms with Crippen LogP contribution in [0.4, 0.5) is 0 Å². The zero-order valence-electron chi connectivity index (χ0n) is 63.9. The summed E-state index contributed by atoms with van der Waals surface area (Å²) in [6, 6.07) is 162. The van der Waals surface area contributed by atoms with E-state index in [0.29, 0.717) is 0 Å². The molecule has 0 radical (unpaired) electrons. The Balaban J connectivity index is 0.000000458. The molecule has 0 aromatic heterocycles. The van der Waals surface area contributed by atoms with Crippen LogP contribution in [0.1, 0.15) is 14.3 Å². The molecule has 0 N–H and O–H groups in total. The molecule has 1 heterocycles. The predicted octanol–water partition coefficient (Wildman–Crippen LogP) is 11.8. The summed E-state index contributed by atoms with van der Waals surface area (Å²) in [7, 11) is -2.23. The Labute approximate surface area is 712 Å². The van der Waals surface area contributed by atoms with E-state index in [0.717, 1.165) is 13.2 Å². The first-order chi connectivity index (χ1) is 54.7. The van der Waals surface area contributed by atoms with Crippen molar-refractivity contribution in [2.45, 2.75) is 12.8 Å². The quantitative estimate of drug-likeness (QED) is 0.0750. The normalized spacial score (nSPS) is 10.1. The number of benzene rings is 15. The van der Waals surface area contributed by atoms with Crippen LogP contribution in [0.25, 0.3) is 0 Å². The van der Waals surface area contributed by atoms with Crippen LogP contribution in [0.15, 0.2) is 455 Å². The van der Waals surface area contributed by atoms with E-state index in [2.05, 4.69) is 455 Å². The molecule has 0 saturated carbocycles. The van der Waals surface area contributed by atoms with Gasteiger partial charge in [-0.1, -0.05) is 455 Å². The molecule has 6 nitrogen and oxygen atoms in total. The Morgan fingerprint density at radius 3 is 0.283 bits per heavy atom. The second kappa shape index (κ2) is 61.9. The Morgan fingerprint density at radius 2 is 0.230 bits per heavy atom. The van der Waals surface area contributed by atoms with E-state index < -0.39 is 39.6 Å². The first-order valence-electron chi connectivity index (χ1n) is 35.5. The van der Waals surface area contributed by atoms with Crippen molar-refractivity contribution in [3.8, 4) is 0 Å². The molecule has 0 spiro atoms. The van der Waals surface area contributed by atoms with Crippen molar-refractivity contribution in [2.24, 2.45) is 0 Å². The average molecular weight is 1600 g/mol. The van der Waals surface area contributed by atoms with E-state index in [1.807, 2.05) is 33.9 Å². The SMILES string of the molecule is C1CCOC1.C=O.C=O.C=O.C=O.C=O.[AlH3].[AlH3].[H-].[Li+].c1ccc(P(c2ccccc2)c2ccccc2)cc1.c1ccc(P(c2ccccc2)c2ccccc2)cc1.c1ccc(P(c2ccccc2)c2ccccc2)cc1.c1ccc(P(c2ccccc2)c2ccccc2)cc1.c1ccc(P(c2ccccc2)c2ccccc2)cc1. The van der Waals surface area contributed by atoms with Gasteiger partial charge in [-0.15, -0.1) is 0 Å². The summed E-state index contributed by atoms with van der Waals surface area (Å²) in [4.78, 5) is 40.0. The van der Waals surface area contributed by atoms with Gasteiger partial charge in [0.05, 0.1) is 0 Å².